The monoisotopic (exact) mass is 427 g/mol. The number of pyridine rings is 2. The van der Waals surface area contributed by atoms with E-state index in [9.17, 15) is 0 Å². The maximum atomic E-state index is 2.55. The van der Waals surface area contributed by atoms with Gasteiger partial charge in [-0.15, -0.1) is 0 Å². The number of nitrogens with zero attached hydrogens (tertiary/aromatic N) is 2. The predicted octanol–water partition coefficient (Wildman–Crippen LogP) is 7.47. The molecule has 0 amide bonds. The molecule has 2 nitrogen and oxygen atoms in total. The molecule has 0 N–H and O–H groups in total. The number of fused-ring (bicyclic) bond motifs is 7. The summed E-state index contributed by atoms with van der Waals surface area (Å²) in [5, 5.41) is 8.08. The molecule has 0 fully saturated rings. The first kappa shape index (κ1) is 18.9. The lowest BCUT2D eigenvalue weighted by molar-refractivity contribution is -0.616. The van der Waals surface area contributed by atoms with Gasteiger partial charge in [-0.2, -0.15) is 4.57 Å². The second kappa shape index (κ2) is 6.45. The maximum Gasteiger partial charge on any atom is 0.238 e. The Morgan fingerprint density at radius 3 is 2.48 bits per heavy atom. The van der Waals surface area contributed by atoms with Crippen molar-refractivity contribution in [3.63, 3.8) is 0 Å². The van der Waals surface area contributed by atoms with E-state index in [1.165, 1.54) is 71.0 Å². The van der Waals surface area contributed by atoms with Crippen LogP contribution in [0.3, 0.4) is 0 Å². The summed E-state index contributed by atoms with van der Waals surface area (Å²) in [7, 11) is 2.23. The molecule has 3 aromatic heterocycles. The van der Waals surface area contributed by atoms with E-state index >= 15 is 0 Å². The van der Waals surface area contributed by atoms with Crippen LogP contribution in [0.2, 0.25) is 0 Å². The van der Waals surface area contributed by atoms with Crippen molar-refractivity contribution in [1.82, 2.24) is 4.40 Å². The Labute approximate surface area is 193 Å². The summed E-state index contributed by atoms with van der Waals surface area (Å²) in [6, 6.07) is 27.3. The van der Waals surface area contributed by atoms with Crippen LogP contribution in [0.1, 0.15) is 25.0 Å². The van der Waals surface area contributed by atoms with Gasteiger partial charge in [0, 0.05) is 22.2 Å². The van der Waals surface area contributed by atoms with Gasteiger partial charge in [-0.3, -0.25) is 0 Å². The summed E-state index contributed by atoms with van der Waals surface area (Å²) in [6.45, 7) is 6.86. The van der Waals surface area contributed by atoms with Crippen molar-refractivity contribution in [2.24, 2.45) is 13.0 Å². The molecule has 0 aliphatic rings. The number of benzene rings is 4. The van der Waals surface area contributed by atoms with Crippen molar-refractivity contribution < 1.29 is 4.57 Å². The van der Waals surface area contributed by atoms with Crippen molar-refractivity contribution in [1.29, 1.82) is 0 Å². The predicted molar refractivity (Wildman–Crippen MR) is 141 cm³/mol. The van der Waals surface area contributed by atoms with E-state index in [1.54, 1.807) is 0 Å². The average Bonchev–Trinajstić information content (AvgIpc) is 3.14. The van der Waals surface area contributed by atoms with Crippen molar-refractivity contribution in [2.45, 2.75) is 27.2 Å². The molecule has 0 radical (unpaired) electrons. The standard InChI is InChI=1S/C31H27N2/c1-18(2)16-20-13-15-23-26(17-20)33-25-11-7-8-21-14-12-19(3)27(28(21)25)30-31(33)29(23)22-9-5-6-10-24(22)32(30)4/h5-15,17-18H,16H2,1-4H3/q+1. The van der Waals surface area contributed by atoms with Gasteiger partial charge >= 0.3 is 0 Å². The van der Waals surface area contributed by atoms with Gasteiger partial charge in [-0.25, -0.2) is 0 Å². The Morgan fingerprint density at radius 2 is 1.64 bits per heavy atom. The Hall–Kier alpha value is -3.65. The minimum atomic E-state index is 0.634. The van der Waals surface area contributed by atoms with Gasteiger partial charge in [0.1, 0.15) is 12.6 Å². The fourth-order valence-corrected chi connectivity index (χ4v) is 6.18. The Bertz CT molecular complexity index is 1890. The molecule has 160 valence electrons. The molecule has 0 aliphatic carbocycles. The average molecular weight is 428 g/mol. The summed E-state index contributed by atoms with van der Waals surface area (Å²) in [5.74, 6) is 0.634. The van der Waals surface area contributed by atoms with E-state index in [0.29, 0.717) is 5.92 Å². The zero-order valence-electron chi connectivity index (χ0n) is 19.6. The maximum absolute atomic E-state index is 2.55. The zero-order valence-corrected chi connectivity index (χ0v) is 19.6. The normalized spacial score (nSPS) is 12.6. The molecule has 0 aliphatic heterocycles. The van der Waals surface area contributed by atoms with Crippen LogP contribution in [0.15, 0.2) is 72.8 Å². The summed E-state index contributed by atoms with van der Waals surface area (Å²) in [6.07, 6.45) is 1.10. The molecule has 7 aromatic rings. The first-order valence-corrected chi connectivity index (χ1v) is 12.0. The Balaban J connectivity index is 1.90. The van der Waals surface area contributed by atoms with Crippen LogP contribution in [0.25, 0.3) is 59.9 Å². The highest BCUT2D eigenvalue weighted by atomic mass is 15.0. The topological polar surface area (TPSA) is 8.29 Å². The molecular formula is C31H27N2+. The van der Waals surface area contributed by atoms with Gasteiger partial charge in [0.15, 0.2) is 0 Å². The van der Waals surface area contributed by atoms with E-state index in [1.807, 2.05) is 0 Å². The van der Waals surface area contributed by atoms with Crippen molar-refractivity contribution >= 4 is 59.9 Å². The van der Waals surface area contributed by atoms with Gasteiger partial charge in [0.25, 0.3) is 0 Å². The van der Waals surface area contributed by atoms with Crippen LogP contribution in [-0.4, -0.2) is 4.40 Å². The Morgan fingerprint density at radius 1 is 0.788 bits per heavy atom. The van der Waals surface area contributed by atoms with Crippen LogP contribution in [0.5, 0.6) is 0 Å². The van der Waals surface area contributed by atoms with Gasteiger partial charge in [-0.05, 0) is 54.0 Å². The number of para-hydroxylation sites is 1. The molecule has 0 spiro atoms. The van der Waals surface area contributed by atoms with Crippen molar-refractivity contribution in [2.75, 3.05) is 0 Å². The number of aromatic nitrogens is 2. The fraction of sp³-hybridized carbons (Fsp3) is 0.194. The van der Waals surface area contributed by atoms with Gasteiger partial charge in [0.2, 0.25) is 11.0 Å². The molecule has 3 heterocycles. The van der Waals surface area contributed by atoms with Crippen LogP contribution >= 0.6 is 0 Å². The lowest BCUT2D eigenvalue weighted by Crippen LogP contribution is -2.31. The van der Waals surface area contributed by atoms with E-state index in [0.717, 1.165) is 6.42 Å². The third kappa shape index (κ3) is 2.36. The molecule has 0 atom stereocenters. The Kier molecular flexibility index (Phi) is 3.69. The van der Waals surface area contributed by atoms with E-state index in [4.69, 9.17) is 0 Å². The second-order valence-corrected chi connectivity index (χ2v) is 10.1. The highest BCUT2D eigenvalue weighted by Gasteiger charge is 2.27. The molecule has 33 heavy (non-hydrogen) atoms. The smallest absolute Gasteiger partial charge is 0.238 e. The molecule has 4 aromatic carbocycles. The molecule has 0 saturated heterocycles. The van der Waals surface area contributed by atoms with Gasteiger partial charge < -0.3 is 4.40 Å². The first-order chi connectivity index (χ1) is 16.0. The highest BCUT2D eigenvalue weighted by molar-refractivity contribution is 6.30. The van der Waals surface area contributed by atoms with Gasteiger partial charge in [-0.1, -0.05) is 62.4 Å². The quantitative estimate of drug-likeness (QED) is 0.154. The number of hydrogen-bond donors (Lipinski definition) is 0. The lowest BCUT2D eigenvalue weighted by atomic mass is 9.97. The van der Waals surface area contributed by atoms with Crippen LogP contribution < -0.4 is 4.57 Å². The molecule has 0 unspecified atom stereocenters. The third-order valence-corrected chi connectivity index (χ3v) is 7.48. The minimum absolute atomic E-state index is 0.634. The molecule has 7 rings (SSSR count). The highest BCUT2D eigenvalue weighted by Crippen LogP contribution is 2.42. The third-order valence-electron chi connectivity index (χ3n) is 7.48. The van der Waals surface area contributed by atoms with Crippen LogP contribution in [-0.2, 0) is 13.5 Å². The van der Waals surface area contributed by atoms with Crippen LogP contribution in [0, 0.1) is 12.8 Å². The lowest BCUT2D eigenvalue weighted by Gasteiger charge is -2.14. The summed E-state index contributed by atoms with van der Waals surface area (Å²) in [4.78, 5) is 0. The molecule has 0 bridgehead atoms. The molecule has 2 heteroatoms. The SMILES string of the molecule is Cc1ccc2cccc3c2c1c1c2c(c4ccc(CC(C)C)cc4n32)c2ccccc2[n+]1C. The van der Waals surface area contributed by atoms with Crippen LogP contribution in [0.4, 0.5) is 0 Å². The first-order valence-electron chi connectivity index (χ1n) is 12.0. The molecule has 0 saturated carbocycles. The second-order valence-electron chi connectivity index (χ2n) is 10.1. The molecular weight excluding hydrogens is 400 g/mol. The fourth-order valence-electron chi connectivity index (χ4n) is 6.18. The van der Waals surface area contributed by atoms with Gasteiger partial charge in [0.05, 0.1) is 21.8 Å². The zero-order chi connectivity index (χ0) is 22.4. The summed E-state index contributed by atoms with van der Waals surface area (Å²) in [5.41, 5.74) is 9.31. The number of rotatable bonds is 2. The van der Waals surface area contributed by atoms with E-state index in [2.05, 4.69) is 110 Å². The minimum Gasteiger partial charge on any atom is -0.303 e. The van der Waals surface area contributed by atoms with E-state index < -0.39 is 0 Å². The van der Waals surface area contributed by atoms with Crippen molar-refractivity contribution in [3.05, 3.63) is 83.9 Å². The summed E-state index contributed by atoms with van der Waals surface area (Å²) < 4.78 is 4.96. The van der Waals surface area contributed by atoms with Crippen molar-refractivity contribution in [3.8, 4) is 0 Å². The number of aryl methyl sites for hydroxylation is 2. The largest absolute Gasteiger partial charge is 0.303 e. The summed E-state index contributed by atoms with van der Waals surface area (Å²) >= 11 is 0. The number of hydrogen-bond acceptors (Lipinski definition) is 0. The van der Waals surface area contributed by atoms with E-state index in [-0.39, 0.29) is 0 Å².